The molecule has 1 aromatic carbocycles. The van der Waals surface area contributed by atoms with Crippen LogP contribution in [0.25, 0.3) is 0 Å². The van der Waals surface area contributed by atoms with Crippen molar-refractivity contribution in [2.24, 2.45) is 0 Å². The highest BCUT2D eigenvalue weighted by molar-refractivity contribution is 8.24. The molecule has 2 N–H and O–H groups in total. The van der Waals surface area contributed by atoms with Gasteiger partial charge < -0.3 is 10.6 Å². The summed E-state index contributed by atoms with van der Waals surface area (Å²) in [6.45, 7) is 1.87. The van der Waals surface area contributed by atoms with Gasteiger partial charge in [0.25, 0.3) is 0 Å². The van der Waals surface area contributed by atoms with Crippen LogP contribution in [0.5, 0.6) is 0 Å². The quantitative estimate of drug-likeness (QED) is 0.842. The van der Waals surface area contributed by atoms with Crippen molar-refractivity contribution < 1.29 is 9.59 Å². The molecule has 0 aliphatic carbocycles. The molecular weight excluding hydrogens is 304 g/mol. The van der Waals surface area contributed by atoms with Crippen molar-refractivity contribution in [3.8, 4) is 0 Å². The predicted octanol–water partition coefficient (Wildman–Crippen LogP) is 2.49. The zero-order valence-electron chi connectivity index (χ0n) is 10.0. The molecule has 1 fully saturated rings. The molecule has 2 rings (SSSR count). The minimum atomic E-state index is -0.452. The molecule has 1 saturated heterocycles. The molecule has 0 unspecified atom stereocenters. The molecule has 0 aromatic heterocycles. The summed E-state index contributed by atoms with van der Waals surface area (Å²) in [5.74, 6) is -0.448. The SMILES string of the molecule is Cc1ccc(Cl)cc1NC(=O)C[C@@H]1SC(=S)NC1=O. The lowest BCUT2D eigenvalue weighted by Gasteiger charge is -2.10. The highest BCUT2D eigenvalue weighted by Crippen LogP contribution is 2.24. The third-order valence-electron chi connectivity index (χ3n) is 2.61. The number of thiocarbonyl (C=S) groups is 1. The molecule has 100 valence electrons. The average Bonchev–Trinajstić information content (AvgIpc) is 2.62. The molecule has 1 aliphatic rings. The second-order valence-electron chi connectivity index (χ2n) is 4.09. The third-order valence-corrected chi connectivity index (χ3v) is 4.22. The van der Waals surface area contributed by atoms with Crippen LogP contribution >= 0.6 is 35.6 Å². The lowest BCUT2D eigenvalue weighted by molar-refractivity contribution is -0.122. The molecule has 1 heterocycles. The van der Waals surface area contributed by atoms with Crippen molar-refractivity contribution in [1.82, 2.24) is 5.32 Å². The van der Waals surface area contributed by atoms with Crippen LogP contribution in [-0.2, 0) is 9.59 Å². The molecule has 1 atom stereocenters. The largest absolute Gasteiger partial charge is 0.326 e. The van der Waals surface area contributed by atoms with Gasteiger partial charge in [-0.3, -0.25) is 9.59 Å². The summed E-state index contributed by atoms with van der Waals surface area (Å²) in [5, 5.41) is 5.36. The van der Waals surface area contributed by atoms with E-state index in [1.54, 1.807) is 12.1 Å². The van der Waals surface area contributed by atoms with Gasteiger partial charge in [-0.25, -0.2) is 0 Å². The number of aryl methyl sites for hydroxylation is 1. The first kappa shape index (κ1) is 14.3. The van der Waals surface area contributed by atoms with E-state index in [9.17, 15) is 9.59 Å². The maximum Gasteiger partial charge on any atom is 0.239 e. The predicted molar refractivity (Wildman–Crippen MR) is 81.6 cm³/mol. The number of nitrogens with one attached hydrogen (secondary N) is 2. The van der Waals surface area contributed by atoms with Crippen LogP contribution in [0.1, 0.15) is 12.0 Å². The zero-order valence-corrected chi connectivity index (χ0v) is 12.4. The summed E-state index contributed by atoms with van der Waals surface area (Å²) in [6, 6.07) is 5.26. The number of carbonyl (C=O) groups is 2. The monoisotopic (exact) mass is 314 g/mol. The Kier molecular flexibility index (Phi) is 4.44. The fraction of sp³-hybridized carbons (Fsp3) is 0.250. The lowest BCUT2D eigenvalue weighted by atomic mass is 10.2. The molecule has 2 amide bonds. The fourth-order valence-corrected chi connectivity index (χ4v) is 3.07. The van der Waals surface area contributed by atoms with E-state index < -0.39 is 5.25 Å². The van der Waals surface area contributed by atoms with E-state index in [1.165, 1.54) is 11.8 Å². The Balaban J connectivity index is 2.00. The van der Waals surface area contributed by atoms with Gasteiger partial charge in [-0.1, -0.05) is 41.6 Å². The van der Waals surface area contributed by atoms with Gasteiger partial charge in [0.05, 0.1) is 5.25 Å². The average molecular weight is 315 g/mol. The second kappa shape index (κ2) is 5.90. The summed E-state index contributed by atoms with van der Waals surface area (Å²) in [5.41, 5.74) is 1.57. The highest BCUT2D eigenvalue weighted by atomic mass is 35.5. The number of hydrogen-bond acceptors (Lipinski definition) is 4. The number of amides is 2. The Morgan fingerprint density at radius 1 is 1.58 bits per heavy atom. The van der Waals surface area contributed by atoms with Gasteiger partial charge in [0.2, 0.25) is 11.8 Å². The summed E-state index contributed by atoms with van der Waals surface area (Å²) >= 11 is 12.0. The topological polar surface area (TPSA) is 58.2 Å². The van der Waals surface area contributed by atoms with E-state index in [4.69, 9.17) is 23.8 Å². The van der Waals surface area contributed by atoms with E-state index in [2.05, 4.69) is 10.6 Å². The Hall–Kier alpha value is -1.11. The third kappa shape index (κ3) is 3.68. The first-order valence-corrected chi connectivity index (χ1v) is 7.20. The van der Waals surface area contributed by atoms with Crippen LogP contribution in [0, 0.1) is 6.92 Å². The van der Waals surface area contributed by atoms with Crippen LogP contribution < -0.4 is 10.6 Å². The van der Waals surface area contributed by atoms with Crippen molar-refractivity contribution in [1.29, 1.82) is 0 Å². The van der Waals surface area contributed by atoms with Gasteiger partial charge in [0.1, 0.15) is 4.32 Å². The fourth-order valence-electron chi connectivity index (χ4n) is 1.63. The number of benzene rings is 1. The number of anilines is 1. The Labute approximate surface area is 125 Å². The van der Waals surface area contributed by atoms with Crippen LogP contribution in [0.3, 0.4) is 0 Å². The highest BCUT2D eigenvalue weighted by Gasteiger charge is 2.30. The molecule has 0 bridgehead atoms. The van der Waals surface area contributed by atoms with Crippen LogP contribution in [0.2, 0.25) is 5.02 Å². The van der Waals surface area contributed by atoms with Crippen molar-refractivity contribution in [2.45, 2.75) is 18.6 Å². The smallest absolute Gasteiger partial charge is 0.239 e. The lowest BCUT2D eigenvalue weighted by Crippen LogP contribution is -2.27. The minimum absolute atomic E-state index is 0.0859. The molecule has 0 saturated carbocycles. The summed E-state index contributed by atoms with van der Waals surface area (Å²) < 4.78 is 0.418. The van der Waals surface area contributed by atoms with E-state index in [-0.39, 0.29) is 18.2 Å². The minimum Gasteiger partial charge on any atom is -0.326 e. The van der Waals surface area contributed by atoms with Crippen molar-refractivity contribution in [3.63, 3.8) is 0 Å². The van der Waals surface area contributed by atoms with Crippen LogP contribution in [0.15, 0.2) is 18.2 Å². The van der Waals surface area contributed by atoms with Gasteiger partial charge in [0.15, 0.2) is 0 Å². The molecule has 1 aromatic rings. The van der Waals surface area contributed by atoms with Gasteiger partial charge in [-0.05, 0) is 24.6 Å². The zero-order chi connectivity index (χ0) is 14.0. The standard InChI is InChI=1S/C12H11ClN2O2S2/c1-6-2-3-7(13)4-8(6)14-10(16)5-9-11(17)15-12(18)19-9/h2-4,9H,5H2,1H3,(H,14,16)(H,15,17,18)/t9-/m0/s1. The Morgan fingerprint density at radius 3 is 2.95 bits per heavy atom. The molecule has 19 heavy (non-hydrogen) atoms. The van der Waals surface area contributed by atoms with Gasteiger partial charge in [0, 0.05) is 17.1 Å². The molecule has 4 nitrogen and oxygen atoms in total. The Bertz CT molecular complexity index is 563. The first-order valence-electron chi connectivity index (χ1n) is 5.53. The number of thioether (sulfide) groups is 1. The summed E-state index contributed by atoms with van der Waals surface area (Å²) in [7, 11) is 0. The molecule has 0 radical (unpaired) electrons. The first-order chi connectivity index (χ1) is 8.95. The van der Waals surface area contributed by atoms with E-state index in [0.717, 1.165) is 5.56 Å². The maximum atomic E-state index is 11.9. The van der Waals surface area contributed by atoms with Crippen molar-refractivity contribution in [2.75, 3.05) is 5.32 Å². The van der Waals surface area contributed by atoms with Crippen LogP contribution in [0.4, 0.5) is 5.69 Å². The summed E-state index contributed by atoms with van der Waals surface area (Å²) in [4.78, 5) is 23.4. The number of carbonyl (C=O) groups excluding carboxylic acids is 2. The molecular formula is C12H11ClN2O2S2. The number of hydrogen-bond donors (Lipinski definition) is 2. The van der Waals surface area contributed by atoms with E-state index in [1.807, 2.05) is 13.0 Å². The molecule has 7 heteroatoms. The van der Waals surface area contributed by atoms with Crippen LogP contribution in [-0.4, -0.2) is 21.4 Å². The number of rotatable bonds is 3. The van der Waals surface area contributed by atoms with Gasteiger partial charge in [-0.2, -0.15) is 0 Å². The van der Waals surface area contributed by atoms with Gasteiger partial charge in [-0.15, -0.1) is 0 Å². The Morgan fingerprint density at radius 2 is 2.32 bits per heavy atom. The number of halogens is 1. The summed E-state index contributed by atoms with van der Waals surface area (Å²) in [6.07, 6.45) is 0.0859. The van der Waals surface area contributed by atoms with Gasteiger partial charge >= 0.3 is 0 Å². The molecule has 1 aliphatic heterocycles. The maximum absolute atomic E-state index is 11.9. The normalized spacial score (nSPS) is 18.3. The van der Waals surface area contributed by atoms with E-state index in [0.29, 0.717) is 15.0 Å². The second-order valence-corrected chi connectivity index (χ2v) is 6.41. The molecule has 0 spiro atoms. The van der Waals surface area contributed by atoms with Crippen molar-refractivity contribution >= 4 is 57.4 Å². The van der Waals surface area contributed by atoms with Crippen molar-refractivity contribution in [3.05, 3.63) is 28.8 Å². The van der Waals surface area contributed by atoms with E-state index >= 15 is 0 Å².